The van der Waals surface area contributed by atoms with Crippen molar-refractivity contribution in [2.45, 2.75) is 83.0 Å². The van der Waals surface area contributed by atoms with E-state index in [4.69, 9.17) is 9.47 Å². The van der Waals surface area contributed by atoms with Crippen molar-refractivity contribution in [1.82, 2.24) is 20.4 Å². The maximum absolute atomic E-state index is 13.0. The molecule has 4 aliphatic heterocycles. The monoisotopic (exact) mass is 1080 g/mol. The second kappa shape index (κ2) is 14.1. The van der Waals surface area contributed by atoms with E-state index in [0.717, 1.165) is 29.2 Å². The minimum atomic E-state index is -5.16. The summed E-state index contributed by atoms with van der Waals surface area (Å²) in [5.41, 5.74) is 4.89. The Morgan fingerprint density at radius 2 is 1.72 bits per heavy atom. The number of halogens is 3. The summed E-state index contributed by atoms with van der Waals surface area (Å²) in [7, 11) is 1.91. The Bertz CT molecular complexity index is 1670. The van der Waals surface area contributed by atoms with Gasteiger partial charge in [-0.15, -0.1) is 0 Å². The molecule has 2 bridgehead atoms. The zero-order valence-corrected chi connectivity index (χ0v) is 36.0. The Labute approximate surface area is 341 Å². The second-order valence-corrected chi connectivity index (χ2v) is 12.3. The van der Waals surface area contributed by atoms with Crippen LogP contribution in [0.5, 0.6) is 23.0 Å². The van der Waals surface area contributed by atoms with Crippen LogP contribution in [0.25, 0.3) is 0 Å². The molecule has 0 aromatic heterocycles. The number of amides is 2. The molecular formula is C31H34Ac2F3N5O6. The molecule has 4 aliphatic rings. The van der Waals surface area contributed by atoms with Crippen LogP contribution in [0.3, 0.4) is 0 Å². The Kier molecular flexibility index (Phi) is 11.6. The van der Waals surface area contributed by atoms with Gasteiger partial charge in [0.1, 0.15) is 23.6 Å². The number of fused-ring (bicyclic) bond motifs is 9. The molecule has 4 heterocycles. The largest absolute Gasteiger partial charge is 0.507 e. The summed E-state index contributed by atoms with van der Waals surface area (Å²) in [5.74, 6) is -2.24. The fourth-order valence-corrected chi connectivity index (χ4v) is 7.60. The van der Waals surface area contributed by atoms with Gasteiger partial charge in [-0.05, 0) is 64.3 Å². The quantitative estimate of drug-likeness (QED) is 0.364. The molecule has 1 saturated heterocycles. The number of rotatable bonds is 4. The van der Waals surface area contributed by atoms with Crippen molar-refractivity contribution >= 4 is 11.8 Å². The molecule has 2 amide bonds. The standard InChI is InChI=1S/C31H34F3N5O6.2Ac/c1-12-6-16-7-18-20(9-35)39-19(24(38(18)5)22(16)26(41)13(12)2)8-17-23(28-27(44-11-45-28)14(3)25(17)40)21(39)10-36-29(42)15(4)37-30(43)31(32,33)34;;/h6,15,18-21,24,40-41H,7-8,10-11H2,1-5H3,(H,36,42)(H,37,43);;/t15-,18+,19?,20+,21+,24-;;/m1../s1. The van der Waals surface area contributed by atoms with Crippen molar-refractivity contribution in [2.24, 2.45) is 0 Å². The number of nitriles is 1. The number of ether oxygens (including phenoxy) is 2. The normalized spacial score (nSPS) is 24.7. The summed E-state index contributed by atoms with van der Waals surface area (Å²) in [6, 6.07) is 0.326. The average Bonchev–Trinajstić information content (AvgIpc) is 3.47. The van der Waals surface area contributed by atoms with Crippen LogP contribution in [0.15, 0.2) is 6.07 Å². The molecule has 0 spiro atoms. The van der Waals surface area contributed by atoms with Gasteiger partial charge < -0.3 is 30.3 Å². The summed E-state index contributed by atoms with van der Waals surface area (Å²) in [4.78, 5) is 28.6. The number of phenolic OH excluding ortho intramolecular Hbond substituents is 2. The molecule has 246 valence electrons. The van der Waals surface area contributed by atoms with Gasteiger partial charge in [0, 0.05) is 129 Å². The number of benzene rings is 2. The second-order valence-electron chi connectivity index (χ2n) is 12.3. The summed E-state index contributed by atoms with van der Waals surface area (Å²) in [5, 5.41) is 37.9. The molecule has 1 fully saturated rings. The van der Waals surface area contributed by atoms with E-state index in [0.29, 0.717) is 34.6 Å². The summed E-state index contributed by atoms with van der Waals surface area (Å²) in [6.45, 7) is 6.33. The van der Waals surface area contributed by atoms with Crippen LogP contribution in [0.1, 0.15) is 58.0 Å². The average molecular weight is 1080 g/mol. The van der Waals surface area contributed by atoms with Crippen LogP contribution in [-0.2, 0) is 22.4 Å². The first kappa shape index (κ1) is 38.5. The van der Waals surface area contributed by atoms with E-state index in [9.17, 15) is 38.2 Å². The Morgan fingerprint density at radius 3 is 2.36 bits per heavy atom. The van der Waals surface area contributed by atoms with Crippen LogP contribution in [0.2, 0.25) is 0 Å². The van der Waals surface area contributed by atoms with Crippen molar-refractivity contribution in [3.05, 3.63) is 45.0 Å². The topological polar surface area (TPSA) is 147 Å². The first-order valence-electron chi connectivity index (χ1n) is 14.7. The molecule has 2 aromatic carbocycles. The van der Waals surface area contributed by atoms with Crippen molar-refractivity contribution in [1.29, 1.82) is 5.26 Å². The van der Waals surface area contributed by atoms with Crippen molar-refractivity contribution in [2.75, 3.05) is 20.4 Å². The minimum absolute atomic E-state index is 0. The third-order valence-corrected chi connectivity index (χ3v) is 9.93. The number of piperazine rings is 1. The Hall–Kier alpha value is -1.34. The van der Waals surface area contributed by atoms with Gasteiger partial charge in [0.25, 0.3) is 0 Å². The SMILES string of the molecule is Cc1cc2c(c(O)c1C)[C@H]1C3Cc4c(O)c(C)c5c(c4[C@H](CNC(=O)[C@@H](C)NC(=O)C(F)(F)F)N3[C@@H](C#N)[C@H](C2)N1C)OCO5.[Ac].[Ac]. The fourth-order valence-electron chi connectivity index (χ4n) is 7.60. The van der Waals surface area contributed by atoms with Gasteiger partial charge >= 0.3 is 12.1 Å². The number of likely N-dealkylation sites (N-methyl/N-ethyl adjacent to an activating group) is 1. The minimum Gasteiger partial charge on any atom is -0.507 e. The van der Waals surface area contributed by atoms with Crippen LogP contribution in [0.4, 0.5) is 13.2 Å². The number of carbonyl (C=O) groups excluding carboxylic acids is 2. The predicted octanol–water partition coefficient (Wildman–Crippen LogP) is 2.71. The molecule has 6 rings (SSSR count). The number of hydrogen-bond donors (Lipinski definition) is 4. The fraction of sp³-hybridized carbons (Fsp3) is 0.516. The molecule has 0 aliphatic carbocycles. The Morgan fingerprint density at radius 1 is 1.06 bits per heavy atom. The number of nitrogens with one attached hydrogen (secondary N) is 2. The van der Waals surface area contributed by atoms with Crippen LogP contribution >= 0.6 is 0 Å². The predicted molar refractivity (Wildman–Crippen MR) is 153 cm³/mol. The number of aromatic hydroxyl groups is 2. The van der Waals surface area contributed by atoms with Crippen molar-refractivity contribution in [3.8, 4) is 29.1 Å². The molecule has 47 heavy (non-hydrogen) atoms. The molecule has 16 heteroatoms. The van der Waals surface area contributed by atoms with Crippen LogP contribution < -0.4 is 20.1 Å². The molecule has 0 saturated carbocycles. The van der Waals surface area contributed by atoms with Gasteiger partial charge in [-0.25, -0.2) is 0 Å². The molecule has 6 atom stereocenters. The Balaban J connectivity index is 0.00000250. The smallest absolute Gasteiger partial charge is 0.471 e. The van der Waals surface area contributed by atoms with Gasteiger partial charge in [0.05, 0.1) is 18.2 Å². The third kappa shape index (κ3) is 6.29. The number of phenols is 2. The zero-order valence-electron chi connectivity index (χ0n) is 26.5. The molecule has 1 unspecified atom stereocenters. The molecule has 2 aromatic rings. The zero-order chi connectivity index (χ0) is 32.7. The molecule has 4 N–H and O–H groups in total. The molecule has 2 radical (unpaired) electrons. The maximum Gasteiger partial charge on any atom is 0.471 e. The number of alkyl halides is 3. The number of nitrogens with zero attached hydrogens (tertiary/aromatic N) is 3. The van der Waals surface area contributed by atoms with E-state index in [1.807, 2.05) is 31.9 Å². The van der Waals surface area contributed by atoms with Gasteiger partial charge in [-0.3, -0.25) is 19.4 Å². The van der Waals surface area contributed by atoms with Crippen LogP contribution in [-0.4, -0.2) is 82.6 Å². The van der Waals surface area contributed by atoms with Crippen molar-refractivity contribution in [3.63, 3.8) is 0 Å². The number of carbonyl (C=O) groups is 2. The third-order valence-electron chi connectivity index (χ3n) is 9.93. The first-order valence-corrected chi connectivity index (χ1v) is 14.7. The van der Waals surface area contributed by atoms with E-state index in [1.54, 1.807) is 12.2 Å². The van der Waals surface area contributed by atoms with Crippen LogP contribution in [0, 0.1) is 120 Å². The van der Waals surface area contributed by atoms with E-state index in [1.165, 1.54) is 0 Å². The molecule has 11 nitrogen and oxygen atoms in total. The van der Waals surface area contributed by atoms with E-state index in [-0.39, 0.29) is 125 Å². The van der Waals surface area contributed by atoms with E-state index >= 15 is 0 Å². The summed E-state index contributed by atoms with van der Waals surface area (Å²) >= 11 is 0. The first-order chi connectivity index (χ1) is 21.2. The van der Waals surface area contributed by atoms with Gasteiger partial charge in [0.15, 0.2) is 11.5 Å². The summed E-state index contributed by atoms with van der Waals surface area (Å²) in [6.07, 6.45) is -4.41. The van der Waals surface area contributed by atoms with Gasteiger partial charge in [-0.2, -0.15) is 18.4 Å². The van der Waals surface area contributed by atoms with E-state index < -0.39 is 48.2 Å². The van der Waals surface area contributed by atoms with Gasteiger partial charge in [-0.1, -0.05) is 6.07 Å². The van der Waals surface area contributed by atoms with Crippen molar-refractivity contribution < 1.29 is 131 Å². The summed E-state index contributed by atoms with van der Waals surface area (Å²) < 4.78 is 50.1. The number of aryl methyl sites for hydroxylation is 1. The number of hydrogen-bond acceptors (Lipinski definition) is 9. The van der Waals surface area contributed by atoms with E-state index in [2.05, 4.69) is 16.3 Å². The molecular weight excluding hydrogens is 1050 g/mol. The maximum atomic E-state index is 13.0. The van der Waals surface area contributed by atoms with Gasteiger partial charge in [0.2, 0.25) is 12.7 Å².